The first-order valence-electron chi connectivity index (χ1n) is 5.93. The molecule has 4 heteroatoms. The summed E-state index contributed by atoms with van der Waals surface area (Å²) in [7, 11) is 0. The van der Waals surface area contributed by atoms with Gasteiger partial charge < -0.3 is 14.6 Å². The third-order valence-corrected chi connectivity index (χ3v) is 3.25. The van der Waals surface area contributed by atoms with Crippen molar-refractivity contribution in [3.8, 4) is 0 Å². The molecule has 1 heterocycles. The first-order valence-corrected chi connectivity index (χ1v) is 5.93. The first-order chi connectivity index (χ1) is 7.50. The largest absolute Gasteiger partial charge is 0.466 e. The molecule has 0 amide bonds. The van der Waals surface area contributed by atoms with Gasteiger partial charge in [-0.05, 0) is 39.5 Å². The van der Waals surface area contributed by atoms with E-state index in [0.717, 1.165) is 12.8 Å². The van der Waals surface area contributed by atoms with Crippen molar-refractivity contribution in [2.24, 2.45) is 11.3 Å². The van der Waals surface area contributed by atoms with Crippen molar-refractivity contribution in [3.63, 3.8) is 0 Å². The molecule has 0 bridgehead atoms. The zero-order chi connectivity index (χ0) is 12.2. The minimum atomic E-state index is -0.835. The molecule has 0 saturated carbocycles. The highest BCUT2D eigenvalue weighted by Crippen LogP contribution is 2.32. The van der Waals surface area contributed by atoms with Gasteiger partial charge in [-0.3, -0.25) is 4.79 Å². The normalized spacial score (nSPS) is 20.5. The average molecular weight is 230 g/mol. The number of esters is 1. The Hall–Kier alpha value is -0.610. The summed E-state index contributed by atoms with van der Waals surface area (Å²) in [6.45, 7) is 6.94. The van der Waals surface area contributed by atoms with E-state index in [2.05, 4.69) is 0 Å². The van der Waals surface area contributed by atoms with Crippen molar-refractivity contribution >= 4 is 5.97 Å². The Morgan fingerprint density at radius 3 is 2.56 bits per heavy atom. The van der Waals surface area contributed by atoms with E-state index in [4.69, 9.17) is 9.47 Å². The van der Waals surface area contributed by atoms with Crippen LogP contribution in [0.4, 0.5) is 0 Å². The monoisotopic (exact) mass is 230 g/mol. The summed E-state index contributed by atoms with van der Waals surface area (Å²) in [6.07, 6.45) is 0.962. The molecule has 1 rings (SSSR count). The number of aliphatic hydroxyl groups excluding tert-OH is 1. The fourth-order valence-corrected chi connectivity index (χ4v) is 2.06. The minimum Gasteiger partial charge on any atom is -0.466 e. The van der Waals surface area contributed by atoms with Crippen LogP contribution in [0.3, 0.4) is 0 Å². The maximum Gasteiger partial charge on any atom is 0.314 e. The molecule has 94 valence electrons. The Labute approximate surface area is 96.9 Å². The van der Waals surface area contributed by atoms with Crippen molar-refractivity contribution in [2.75, 3.05) is 19.8 Å². The molecule has 1 N–H and O–H groups in total. The molecule has 1 fully saturated rings. The molecule has 1 aliphatic rings. The summed E-state index contributed by atoms with van der Waals surface area (Å²) >= 11 is 0. The molecule has 1 atom stereocenters. The lowest BCUT2D eigenvalue weighted by molar-refractivity contribution is -0.164. The second-order valence-electron chi connectivity index (χ2n) is 4.84. The number of carbonyl (C=O) groups excluding carboxylic acids is 1. The van der Waals surface area contributed by atoms with Crippen molar-refractivity contribution in [2.45, 2.75) is 39.7 Å². The van der Waals surface area contributed by atoms with E-state index in [1.807, 2.05) is 0 Å². The Bertz CT molecular complexity index is 231. The first kappa shape index (κ1) is 13.5. The van der Waals surface area contributed by atoms with E-state index in [1.54, 1.807) is 20.8 Å². The van der Waals surface area contributed by atoms with E-state index in [1.165, 1.54) is 0 Å². The van der Waals surface area contributed by atoms with Gasteiger partial charge in [0.1, 0.15) is 0 Å². The van der Waals surface area contributed by atoms with Crippen LogP contribution in [-0.2, 0) is 14.3 Å². The Balaban J connectivity index is 2.61. The van der Waals surface area contributed by atoms with Gasteiger partial charge in [0.2, 0.25) is 0 Å². The molecule has 0 radical (unpaired) electrons. The van der Waals surface area contributed by atoms with Gasteiger partial charge in [0, 0.05) is 13.2 Å². The van der Waals surface area contributed by atoms with Crippen LogP contribution in [0, 0.1) is 11.3 Å². The van der Waals surface area contributed by atoms with Crippen molar-refractivity contribution in [1.29, 1.82) is 0 Å². The van der Waals surface area contributed by atoms with Gasteiger partial charge in [-0.15, -0.1) is 0 Å². The van der Waals surface area contributed by atoms with Gasteiger partial charge >= 0.3 is 5.97 Å². The Morgan fingerprint density at radius 2 is 2.06 bits per heavy atom. The highest BCUT2D eigenvalue weighted by atomic mass is 16.5. The van der Waals surface area contributed by atoms with Crippen LogP contribution >= 0.6 is 0 Å². The van der Waals surface area contributed by atoms with E-state index in [9.17, 15) is 9.90 Å². The third kappa shape index (κ3) is 2.95. The van der Waals surface area contributed by atoms with Gasteiger partial charge in [0.05, 0.1) is 18.1 Å². The van der Waals surface area contributed by atoms with E-state index >= 15 is 0 Å². The molecule has 16 heavy (non-hydrogen) atoms. The summed E-state index contributed by atoms with van der Waals surface area (Å²) in [5.74, 6) is -0.192. The lowest BCUT2D eigenvalue weighted by atomic mass is 9.77. The van der Waals surface area contributed by atoms with E-state index in [0.29, 0.717) is 19.8 Å². The molecule has 0 aromatic rings. The Kier molecular flexibility index (Phi) is 4.74. The highest BCUT2D eigenvalue weighted by molar-refractivity contribution is 5.76. The van der Waals surface area contributed by atoms with E-state index < -0.39 is 11.5 Å². The lowest BCUT2D eigenvalue weighted by Crippen LogP contribution is -2.44. The van der Waals surface area contributed by atoms with Crippen molar-refractivity contribution < 1.29 is 19.4 Å². The van der Waals surface area contributed by atoms with Crippen LogP contribution in [0.25, 0.3) is 0 Å². The third-order valence-electron chi connectivity index (χ3n) is 3.25. The summed E-state index contributed by atoms with van der Waals surface area (Å²) < 4.78 is 10.2. The van der Waals surface area contributed by atoms with Crippen LogP contribution < -0.4 is 0 Å². The number of hydrogen-bond donors (Lipinski definition) is 1. The SMILES string of the molecule is CCOC(=O)C(C)(C)C(O)C1CCOCC1. The summed E-state index contributed by atoms with van der Waals surface area (Å²) in [6, 6.07) is 0. The number of hydrogen-bond acceptors (Lipinski definition) is 4. The van der Waals surface area contributed by atoms with Gasteiger partial charge in [0.15, 0.2) is 0 Å². The molecule has 1 aliphatic heterocycles. The predicted octanol–water partition coefficient (Wildman–Crippen LogP) is 1.36. The molecule has 0 aliphatic carbocycles. The molecule has 1 unspecified atom stereocenters. The average Bonchev–Trinajstić information content (AvgIpc) is 2.29. The number of ether oxygens (including phenoxy) is 2. The van der Waals surface area contributed by atoms with E-state index in [-0.39, 0.29) is 11.9 Å². The standard InChI is InChI=1S/C12H22O4/c1-4-16-11(14)12(2,3)10(13)9-5-7-15-8-6-9/h9-10,13H,4-8H2,1-3H3. The molecule has 0 aromatic carbocycles. The van der Waals surface area contributed by atoms with Gasteiger partial charge in [-0.1, -0.05) is 0 Å². The van der Waals surface area contributed by atoms with Crippen LogP contribution in [0.2, 0.25) is 0 Å². The zero-order valence-electron chi connectivity index (χ0n) is 10.4. The number of rotatable bonds is 4. The quantitative estimate of drug-likeness (QED) is 0.741. The molecular formula is C12H22O4. The van der Waals surface area contributed by atoms with Crippen molar-refractivity contribution in [3.05, 3.63) is 0 Å². The van der Waals surface area contributed by atoms with Crippen LogP contribution in [-0.4, -0.2) is 37.0 Å². The minimum absolute atomic E-state index is 0.133. The fourth-order valence-electron chi connectivity index (χ4n) is 2.06. The smallest absolute Gasteiger partial charge is 0.314 e. The second kappa shape index (κ2) is 5.64. The summed E-state index contributed by atoms with van der Waals surface area (Å²) in [5.41, 5.74) is -0.835. The molecule has 4 nitrogen and oxygen atoms in total. The topological polar surface area (TPSA) is 55.8 Å². The fraction of sp³-hybridized carbons (Fsp3) is 0.917. The summed E-state index contributed by atoms with van der Waals surface area (Å²) in [4.78, 5) is 11.7. The molecule has 1 saturated heterocycles. The zero-order valence-corrected chi connectivity index (χ0v) is 10.4. The Morgan fingerprint density at radius 1 is 1.50 bits per heavy atom. The second-order valence-corrected chi connectivity index (χ2v) is 4.84. The van der Waals surface area contributed by atoms with Gasteiger partial charge in [0.25, 0.3) is 0 Å². The maximum absolute atomic E-state index is 11.7. The molecule has 0 spiro atoms. The maximum atomic E-state index is 11.7. The van der Waals surface area contributed by atoms with Crippen LogP contribution in [0.1, 0.15) is 33.6 Å². The number of aliphatic hydroxyl groups is 1. The molecule has 0 aromatic heterocycles. The van der Waals surface area contributed by atoms with Gasteiger partial charge in [-0.25, -0.2) is 0 Å². The predicted molar refractivity (Wildman–Crippen MR) is 60.0 cm³/mol. The lowest BCUT2D eigenvalue weighted by Gasteiger charge is -2.35. The van der Waals surface area contributed by atoms with Gasteiger partial charge in [-0.2, -0.15) is 0 Å². The van der Waals surface area contributed by atoms with Crippen LogP contribution in [0.5, 0.6) is 0 Å². The van der Waals surface area contributed by atoms with Crippen LogP contribution in [0.15, 0.2) is 0 Å². The van der Waals surface area contributed by atoms with Crippen molar-refractivity contribution in [1.82, 2.24) is 0 Å². The summed E-state index contributed by atoms with van der Waals surface area (Å²) in [5, 5.41) is 10.2. The number of carbonyl (C=O) groups is 1. The highest BCUT2D eigenvalue weighted by Gasteiger charge is 2.41. The molecular weight excluding hydrogens is 208 g/mol.